The van der Waals surface area contributed by atoms with Gasteiger partial charge in [-0.25, -0.2) is 0 Å². The summed E-state index contributed by atoms with van der Waals surface area (Å²) in [7, 11) is 0. The zero-order valence-corrected chi connectivity index (χ0v) is 6.05. The molecule has 0 aromatic rings. The SMILES string of the molecule is C=C[C@@H]1CC=C(C=O)CC1. The summed E-state index contributed by atoms with van der Waals surface area (Å²) in [5, 5.41) is 0. The molecule has 0 bridgehead atoms. The molecule has 10 heavy (non-hydrogen) atoms. The van der Waals surface area contributed by atoms with Gasteiger partial charge in [0, 0.05) is 0 Å². The third-order valence-corrected chi connectivity index (χ3v) is 1.97. The van der Waals surface area contributed by atoms with Crippen LogP contribution in [-0.4, -0.2) is 6.29 Å². The summed E-state index contributed by atoms with van der Waals surface area (Å²) in [6, 6.07) is 0. The fourth-order valence-electron chi connectivity index (χ4n) is 1.20. The number of hydrogen-bond donors (Lipinski definition) is 0. The van der Waals surface area contributed by atoms with Crippen molar-refractivity contribution in [2.75, 3.05) is 0 Å². The van der Waals surface area contributed by atoms with E-state index < -0.39 is 0 Å². The summed E-state index contributed by atoms with van der Waals surface area (Å²) in [4.78, 5) is 10.3. The molecule has 0 aromatic carbocycles. The number of aldehydes is 1. The topological polar surface area (TPSA) is 17.1 Å². The van der Waals surface area contributed by atoms with E-state index in [1.54, 1.807) is 0 Å². The predicted octanol–water partition coefficient (Wildman–Crippen LogP) is 2.10. The van der Waals surface area contributed by atoms with Crippen LogP contribution in [0.3, 0.4) is 0 Å². The monoisotopic (exact) mass is 136 g/mol. The first-order valence-corrected chi connectivity index (χ1v) is 3.63. The molecule has 1 aliphatic rings. The van der Waals surface area contributed by atoms with E-state index in [1.165, 1.54) is 0 Å². The maximum absolute atomic E-state index is 10.3. The smallest absolute Gasteiger partial charge is 0.145 e. The zero-order chi connectivity index (χ0) is 7.40. The van der Waals surface area contributed by atoms with Gasteiger partial charge in [-0.05, 0) is 30.8 Å². The lowest BCUT2D eigenvalue weighted by Gasteiger charge is -2.14. The number of allylic oxidation sites excluding steroid dienone is 3. The van der Waals surface area contributed by atoms with Gasteiger partial charge in [0.15, 0.2) is 0 Å². The largest absolute Gasteiger partial charge is 0.298 e. The predicted molar refractivity (Wildman–Crippen MR) is 41.7 cm³/mol. The zero-order valence-electron chi connectivity index (χ0n) is 6.05. The summed E-state index contributed by atoms with van der Waals surface area (Å²) < 4.78 is 0. The van der Waals surface area contributed by atoms with Gasteiger partial charge in [0.05, 0.1) is 0 Å². The van der Waals surface area contributed by atoms with E-state index in [9.17, 15) is 4.79 Å². The summed E-state index contributed by atoms with van der Waals surface area (Å²) in [5.74, 6) is 0.601. The number of rotatable bonds is 2. The molecule has 0 fully saturated rings. The Morgan fingerprint density at radius 2 is 2.50 bits per heavy atom. The maximum atomic E-state index is 10.3. The van der Waals surface area contributed by atoms with Gasteiger partial charge in [0.2, 0.25) is 0 Å². The van der Waals surface area contributed by atoms with Gasteiger partial charge in [0.25, 0.3) is 0 Å². The molecule has 0 heterocycles. The van der Waals surface area contributed by atoms with Gasteiger partial charge in [0.1, 0.15) is 6.29 Å². The van der Waals surface area contributed by atoms with E-state index in [2.05, 4.69) is 6.58 Å². The Morgan fingerprint density at radius 1 is 1.70 bits per heavy atom. The quantitative estimate of drug-likeness (QED) is 0.419. The van der Waals surface area contributed by atoms with Gasteiger partial charge < -0.3 is 0 Å². The molecule has 0 unspecified atom stereocenters. The highest BCUT2D eigenvalue weighted by Gasteiger charge is 2.09. The fourth-order valence-corrected chi connectivity index (χ4v) is 1.20. The molecule has 1 nitrogen and oxygen atoms in total. The Labute approximate surface area is 61.4 Å². The van der Waals surface area contributed by atoms with Crippen LogP contribution in [-0.2, 0) is 4.79 Å². The molecule has 0 amide bonds. The normalized spacial score (nSPS) is 25.2. The lowest BCUT2D eigenvalue weighted by Crippen LogP contribution is -2.02. The van der Waals surface area contributed by atoms with Crippen LogP contribution in [0.15, 0.2) is 24.3 Å². The van der Waals surface area contributed by atoms with Crippen molar-refractivity contribution < 1.29 is 4.79 Å². The molecule has 54 valence electrons. The molecule has 0 radical (unpaired) electrons. The minimum atomic E-state index is 0.601. The lowest BCUT2D eigenvalue weighted by atomic mass is 9.90. The average Bonchev–Trinajstić information content (AvgIpc) is 2.05. The first kappa shape index (κ1) is 7.26. The third-order valence-electron chi connectivity index (χ3n) is 1.97. The van der Waals surface area contributed by atoms with E-state index in [0.717, 1.165) is 31.1 Å². The Bertz CT molecular complexity index is 168. The lowest BCUT2D eigenvalue weighted by molar-refractivity contribution is -0.105. The molecule has 1 atom stereocenters. The van der Waals surface area contributed by atoms with Crippen LogP contribution in [0.4, 0.5) is 0 Å². The second kappa shape index (κ2) is 3.35. The highest BCUT2D eigenvalue weighted by atomic mass is 16.1. The van der Waals surface area contributed by atoms with E-state index in [-0.39, 0.29) is 0 Å². The molecule has 1 aliphatic carbocycles. The molecule has 1 rings (SSSR count). The van der Waals surface area contributed by atoms with Gasteiger partial charge in [-0.1, -0.05) is 12.2 Å². The van der Waals surface area contributed by atoms with E-state index in [4.69, 9.17) is 0 Å². The number of hydrogen-bond acceptors (Lipinski definition) is 1. The molecule has 1 heteroatoms. The van der Waals surface area contributed by atoms with Crippen LogP contribution in [0, 0.1) is 5.92 Å². The van der Waals surface area contributed by atoms with Crippen LogP contribution < -0.4 is 0 Å². The summed E-state index contributed by atoms with van der Waals surface area (Å²) in [6.45, 7) is 3.72. The van der Waals surface area contributed by atoms with Crippen molar-refractivity contribution in [3.63, 3.8) is 0 Å². The first-order chi connectivity index (χ1) is 4.86. The van der Waals surface area contributed by atoms with E-state index >= 15 is 0 Å². The third kappa shape index (κ3) is 1.56. The Hall–Kier alpha value is -0.850. The van der Waals surface area contributed by atoms with Crippen LogP contribution in [0.1, 0.15) is 19.3 Å². The standard InChI is InChI=1S/C9H12O/c1-2-8-3-5-9(7-10)6-4-8/h2,5,7-8H,1,3-4,6H2/t8-/m1/s1. The molecule has 0 spiro atoms. The Balaban J connectivity index is 2.51. The van der Waals surface area contributed by atoms with Crippen LogP contribution in [0.25, 0.3) is 0 Å². The van der Waals surface area contributed by atoms with Crippen molar-refractivity contribution in [3.8, 4) is 0 Å². The average molecular weight is 136 g/mol. The summed E-state index contributed by atoms with van der Waals surface area (Å²) in [5.41, 5.74) is 0.957. The molecular weight excluding hydrogens is 124 g/mol. The van der Waals surface area contributed by atoms with Crippen molar-refractivity contribution in [2.24, 2.45) is 5.92 Å². The molecule has 0 N–H and O–H groups in total. The second-order valence-electron chi connectivity index (χ2n) is 2.67. The highest BCUT2D eigenvalue weighted by molar-refractivity contribution is 5.73. The first-order valence-electron chi connectivity index (χ1n) is 3.63. The number of carbonyl (C=O) groups is 1. The van der Waals surface area contributed by atoms with E-state index in [1.807, 2.05) is 12.2 Å². The van der Waals surface area contributed by atoms with Crippen molar-refractivity contribution in [1.82, 2.24) is 0 Å². The summed E-state index contributed by atoms with van der Waals surface area (Å²) >= 11 is 0. The summed E-state index contributed by atoms with van der Waals surface area (Å²) in [6.07, 6.45) is 7.96. The molecule has 0 saturated heterocycles. The van der Waals surface area contributed by atoms with Crippen molar-refractivity contribution in [3.05, 3.63) is 24.3 Å². The van der Waals surface area contributed by atoms with Crippen LogP contribution >= 0.6 is 0 Å². The van der Waals surface area contributed by atoms with Crippen LogP contribution in [0.2, 0.25) is 0 Å². The Morgan fingerprint density at radius 3 is 2.90 bits per heavy atom. The van der Waals surface area contributed by atoms with Crippen molar-refractivity contribution in [1.29, 1.82) is 0 Å². The minimum Gasteiger partial charge on any atom is -0.298 e. The molecular formula is C9H12O. The maximum Gasteiger partial charge on any atom is 0.145 e. The van der Waals surface area contributed by atoms with Crippen molar-refractivity contribution >= 4 is 6.29 Å². The molecule has 0 aromatic heterocycles. The van der Waals surface area contributed by atoms with Gasteiger partial charge >= 0.3 is 0 Å². The van der Waals surface area contributed by atoms with Crippen LogP contribution in [0.5, 0.6) is 0 Å². The van der Waals surface area contributed by atoms with Gasteiger partial charge in [-0.2, -0.15) is 0 Å². The number of carbonyl (C=O) groups excluding carboxylic acids is 1. The molecule has 0 aliphatic heterocycles. The van der Waals surface area contributed by atoms with Crippen molar-refractivity contribution in [2.45, 2.75) is 19.3 Å². The van der Waals surface area contributed by atoms with Gasteiger partial charge in [-0.3, -0.25) is 4.79 Å². The molecule has 0 saturated carbocycles. The van der Waals surface area contributed by atoms with Gasteiger partial charge in [-0.15, -0.1) is 6.58 Å². The fraction of sp³-hybridized carbons (Fsp3) is 0.444. The second-order valence-corrected chi connectivity index (χ2v) is 2.67. The minimum absolute atomic E-state index is 0.601. The Kier molecular flexibility index (Phi) is 2.43. The van der Waals surface area contributed by atoms with E-state index in [0.29, 0.717) is 5.92 Å². The highest BCUT2D eigenvalue weighted by Crippen LogP contribution is 2.22.